The van der Waals surface area contributed by atoms with Crippen LogP contribution in [0.5, 0.6) is 0 Å². The van der Waals surface area contributed by atoms with Gasteiger partial charge in [0.25, 0.3) is 15.9 Å². The highest BCUT2D eigenvalue weighted by molar-refractivity contribution is 7.92. The van der Waals surface area contributed by atoms with Gasteiger partial charge in [-0.2, -0.15) is 0 Å². The average Bonchev–Trinajstić information content (AvgIpc) is 3.34. The Balaban J connectivity index is 1.14. The van der Waals surface area contributed by atoms with Crippen LogP contribution >= 0.6 is 22.9 Å². The summed E-state index contributed by atoms with van der Waals surface area (Å²) < 4.78 is 29.3. The minimum absolute atomic E-state index is 0.0668. The number of rotatable bonds is 8. The Hall–Kier alpha value is -3.18. The molecule has 0 spiro atoms. The first-order valence-electron chi connectivity index (χ1n) is 11.9. The van der Waals surface area contributed by atoms with Gasteiger partial charge < -0.3 is 10.2 Å². The van der Waals surface area contributed by atoms with Gasteiger partial charge in [-0.05, 0) is 48.5 Å². The molecule has 4 aromatic rings. The maximum atomic E-state index is 12.9. The number of carbonyl (C=O) groups is 1. The molecule has 37 heavy (non-hydrogen) atoms. The Morgan fingerprint density at radius 1 is 0.946 bits per heavy atom. The highest BCUT2D eigenvalue weighted by Crippen LogP contribution is 2.29. The first-order valence-corrected chi connectivity index (χ1v) is 14.6. The van der Waals surface area contributed by atoms with Crippen molar-refractivity contribution in [2.24, 2.45) is 0 Å². The van der Waals surface area contributed by atoms with Crippen LogP contribution in [0.2, 0.25) is 5.02 Å². The summed E-state index contributed by atoms with van der Waals surface area (Å²) in [5.41, 5.74) is 1.52. The van der Waals surface area contributed by atoms with Gasteiger partial charge in [0.05, 0.1) is 26.4 Å². The summed E-state index contributed by atoms with van der Waals surface area (Å²) in [6, 6.07) is 20.6. The number of hydrogen-bond acceptors (Lipinski definition) is 7. The summed E-state index contributed by atoms with van der Waals surface area (Å²) in [5, 5.41) is 4.41. The molecule has 0 unspecified atom stereocenters. The van der Waals surface area contributed by atoms with E-state index < -0.39 is 10.0 Å². The van der Waals surface area contributed by atoms with Crippen LogP contribution in [0.3, 0.4) is 0 Å². The van der Waals surface area contributed by atoms with Crippen molar-refractivity contribution in [1.29, 1.82) is 0 Å². The predicted molar refractivity (Wildman–Crippen MR) is 149 cm³/mol. The molecule has 192 valence electrons. The second kappa shape index (κ2) is 11.1. The number of benzene rings is 3. The molecule has 2 heterocycles. The first-order chi connectivity index (χ1) is 17.9. The van der Waals surface area contributed by atoms with E-state index in [9.17, 15) is 13.2 Å². The number of thiazole rings is 1. The third kappa shape index (κ3) is 6.04. The Bertz CT molecular complexity index is 1470. The van der Waals surface area contributed by atoms with Gasteiger partial charge in [-0.25, -0.2) is 13.4 Å². The summed E-state index contributed by atoms with van der Waals surface area (Å²) in [7, 11) is -3.87. The lowest BCUT2D eigenvalue weighted by molar-refractivity contribution is 0.0948. The van der Waals surface area contributed by atoms with Crippen LogP contribution in [0.15, 0.2) is 77.7 Å². The zero-order valence-corrected chi connectivity index (χ0v) is 22.3. The standard InChI is InChI=1S/C26H26ClN5O3S2/c27-19-9-11-20(12-10-19)37(34,35)30-22-6-2-1-5-21(22)25(33)28-13-14-31-15-17-32(18-16-31)26-29-23-7-3-4-8-24(23)36-26/h1-12,30H,13-18H2,(H,28,33). The van der Waals surface area contributed by atoms with Crippen molar-refractivity contribution in [1.82, 2.24) is 15.2 Å². The van der Waals surface area contributed by atoms with Crippen molar-refractivity contribution in [2.45, 2.75) is 4.90 Å². The Labute approximate surface area is 224 Å². The summed E-state index contributed by atoms with van der Waals surface area (Å²) in [6.07, 6.45) is 0. The zero-order valence-electron chi connectivity index (χ0n) is 19.9. The number of fused-ring (bicyclic) bond motifs is 1. The molecule has 0 atom stereocenters. The van der Waals surface area contributed by atoms with Crippen LogP contribution in [-0.4, -0.2) is 63.5 Å². The van der Waals surface area contributed by atoms with Gasteiger partial charge >= 0.3 is 0 Å². The average molecular weight is 556 g/mol. The third-order valence-corrected chi connectivity index (χ3v) is 8.91. The molecule has 3 aromatic carbocycles. The fraction of sp³-hybridized carbons (Fsp3) is 0.231. The van der Waals surface area contributed by atoms with Gasteiger partial charge in [0.15, 0.2) is 5.13 Å². The number of para-hydroxylation sites is 2. The lowest BCUT2D eigenvalue weighted by atomic mass is 10.1. The van der Waals surface area contributed by atoms with Crippen molar-refractivity contribution in [3.8, 4) is 0 Å². The number of amides is 1. The second-order valence-corrected chi connectivity index (χ2v) is 11.8. The van der Waals surface area contributed by atoms with Crippen LogP contribution < -0.4 is 14.9 Å². The van der Waals surface area contributed by atoms with Crippen LogP contribution in [0.25, 0.3) is 10.2 Å². The van der Waals surface area contributed by atoms with E-state index in [1.165, 1.54) is 29.0 Å². The SMILES string of the molecule is O=C(NCCN1CCN(c2nc3ccccc3s2)CC1)c1ccccc1NS(=O)(=O)c1ccc(Cl)cc1. The van der Waals surface area contributed by atoms with Crippen molar-refractivity contribution in [3.05, 3.63) is 83.4 Å². The lowest BCUT2D eigenvalue weighted by Crippen LogP contribution is -2.48. The summed E-state index contributed by atoms with van der Waals surface area (Å²) in [6.45, 7) is 4.68. The predicted octanol–water partition coefficient (Wildman–Crippen LogP) is 4.30. The number of sulfonamides is 1. The number of hydrogen-bond donors (Lipinski definition) is 2. The van der Waals surface area contributed by atoms with Gasteiger partial charge in [-0.15, -0.1) is 0 Å². The monoisotopic (exact) mass is 555 g/mol. The van der Waals surface area contributed by atoms with E-state index in [0.717, 1.165) is 36.8 Å². The molecule has 1 aromatic heterocycles. The minimum atomic E-state index is -3.87. The number of nitrogens with one attached hydrogen (secondary N) is 2. The van der Waals surface area contributed by atoms with Crippen LogP contribution in [0.4, 0.5) is 10.8 Å². The lowest BCUT2D eigenvalue weighted by Gasteiger charge is -2.34. The van der Waals surface area contributed by atoms with Gasteiger partial charge in [0.1, 0.15) is 0 Å². The molecule has 8 nitrogen and oxygen atoms in total. The second-order valence-electron chi connectivity index (χ2n) is 8.65. The number of halogens is 1. The molecule has 0 radical (unpaired) electrons. The zero-order chi connectivity index (χ0) is 25.8. The largest absolute Gasteiger partial charge is 0.351 e. The van der Waals surface area contributed by atoms with Crippen molar-refractivity contribution in [3.63, 3.8) is 0 Å². The molecule has 1 fully saturated rings. The molecule has 1 amide bonds. The Morgan fingerprint density at radius 3 is 2.41 bits per heavy atom. The Morgan fingerprint density at radius 2 is 1.65 bits per heavy atom. The molecule has 1 aliphatic heterocycles. The number of anilines is 2. The summed E-state index contributed by atoms with van der Waals surface area (Å²) in [5.74, 6) is -0.331. The van der Waals surface area contributed by atoms with Crippen LogP contribution in [-0.2, 0) is 10.0 Å². The van der Waals surface area contributed by atoms with E-state index in [-0.39, 0.29) is 22.1 Å². The van der Waals surface area contributed by atoms with Gasteiger partial charge in [0.2, 0.25) is 0 Å². The number of carbonyl (C=O) groups excluding carboxylic acids is 1. The highest BCUT2D eigenvalue weighted by atomic mass is 35.5. The van der Waals surface area contributed by atoms with Gasteiger partial charge in [0, 0.05) is 44.3 Å². The van der Waals surface area contributed by atoms with E-state index in [2.05, 4.69) is 25.9 Å². The van der Waals surface area contributed by atoms with Gasteiger partial charge in [-0.1, -0.05) is 47.2 Å². The maximum absolute atomic E-state index is 12.9. The molecule has 0 aliphatic carbocycles. The normalized spacial score (nSPS) is 14.6. The molecular formula is C26H26ClN5O3S2. The topological polar surface area (TPSA) is 94.6 Å². The smallest absolute Gasteiger partial charge is 0.261 e. The fourth-order valence-corrected chi connectivity index (χ4v) is 6.39. The molecule has 11 heteroatoms. The molecule has 0 saturated carbocycles. The summed E-state index contributed by atoms with van der Waals surface area (Å²) in [4.78, 5) is 22.3. The number of nitrogens with zero attached hydrogens (tertiary/aromatic N) is 3. The Kier molecular flexibility index (Phi) is 7.61. The number of aromatic nitrogens is 1. The molecule has 0 bridgehead atoms. The van der Waals surface area contributed by atoms with Crippen LogP contribution in [0, 0.1) is 0 Å². The fourth-order valence-electron chi connectivity index (χ4n) is 4.17. The first kappa shape index (κ1) is 25.5. The number of piperazine rings is 1. The molecule has 2 N–H and O–H groups in total. The summed E-state index contributed by atoms with van der Waals surface area (Å²) >= 11 is 7.58. The van der Waals surface area contributed by atoms with Crippen molar-refractivity contribution in [2.75, 3.05) is 48.9 Å². The van der Waals surface area contributed by atoms with Crippen LogP contribution in [0.1, 0.15) is 10.4 Å². The molecule has 5 rings (SSSR count). The van der Waals surface area contributed by atoms with Gasteiger partial charge in [-0.3, -0.25) is 14.4 Å². The molecule has 1 saturated heterocycles. The van der Waals surface area contributed by atoms with E-state index in [1.54, 1.807) is 35.6 Å². The molecule has 1 aliphatic rings. The minimum Gasteiger partial charge on any atom is -0.351 e. The van der Waals surface area contributed by atoms with E-state index in [4.69, 9.17) is 16.6 Å². The maximum Gasteiger partial charge on any atom is 0.261 e. The van der Waals surface area contributed by atoms with Crippen molar-refractivity contribution >= 4 is 59.9 Å². The highest BCUT2D eigenvalue weighted by Gasteiger charge is 2.21. The quantitative estimate of drug-likeness (QED) is 0.336. The van der Waals surface area contributed by atoms with Crippen molar-refractivity contribution < 1.29 is 13.2 Å². The van der Waals surface area contributed by atoms with E-state index in [0.29, 0.717) is 18.1 Å². The molecular weight excluding hydrogens is 530 g/mol. The third-order valence-electron chi connectivity index (χ3n) is 6.18. The van der Waals surface area contributed by atoms with E-state index >= 15 is 0 Å². The van der Waals surface area contributed by atoms with E-state index in [1.807, 2.05) is 18.2 Å².